The van der Waals surface area contributed by atoms with Gasteiger partial charge in [0.2, 0.25) is 0 Å². The van der Waals surface area contributed by atoms with Crippen LogP contribution < -0.4 is 4.90 Å². The van der Waals surface area contributed by atoms with Crippen LogP contribution in [0.5, 0.6) is 0 Å². The van der Waals surface area contributed by atoms with Gasteiger partial charge in [-0.15, -0.1) is 0 Å². The van der Waals surface area contributed by atoms with Crippen molar-refractivity contribution in [3.63, 3.8) is 0 Å². The van der Waals surface area contributed by atoms with E-state index in [4.69, 9.17) is 5.41 Å². The van der Waals surface area contributed by atoms with Crippen LogP contribution in [0.1, 0.15) is 18.9 Å². The molecule has 0 unspecified atom stereocenters. The Labute approximate surface area is 187 Å². The molecule has 158 valence electrons. The van der Waals surface area contributed by atoms with Crippen molar-refractivity contribution in [1.82, 2.24) is 14.9 Å². The van der Waals surface area contributed by atoms with Crippen LogP contribution in [0.3, 0.4) is 0 Å². The Morgan fingerprint density at radius 1 is 1.16 bits per heavy atom. The van der Waals surface area contributed by atoms with Crippen LogP contribution in [0.2, 0.25) is 0 Å². The number of anilines is 1. The summed E-state index contributed by atoms with van der Waals surface area (Å²) in [6.07, 6.45) is 8.41. The van der Waals surface area contributed by atoms with Crippen LogP contribution in [0.15, 0.2) is 52.5 Å². The van der Waals surface area contributed by atoms with Crippen molar-refractivity contribution in [2.75, 3.05) is 43.9 Å². The molecule has 0 aliphatic carbocycles. The molecule has 0 saturated carbocycles. The monoisotopic (exact) mass is 431 g/mol. The second-order valence-corrected chi connectivity index (χ2v) is 8.45. The minimum atomic E-state index is 0.633. The topological polar surface area (TPSA) is 92.3 Å². The number of aliphatic imine (C=N–C) groups is 1. The van der Waals surface area contributed by atoms with Crippen LogP contribution in [0.25, 0.3) is 11.1 Å². The molecule has 1 saturated heterocycles. The highest BCUT2D eigenvalue weighted by molar-refractivity contribution is 7.98. The third kappa shape index (κ3) is 4.78. The van der Waals surface area contributed by atoms with Crippen molar-refractivity contribution in [2.24, 2.45) is 4.99 Å². The number of nitrogens with zero attached hydrogens (tertiary/aromatic N) is 6. The number of aromatic nitrogens is 2. The molecule has 1 N–H and O–H groups in total. The van der Waals surface area contributed by atoms with Crippen molar-refractivity contribution < 1.29 is 0 Å². The zero-order valence-electron chi connectivity index (χ0n) is 17.8. The number of benzene rings is 1. The van der Waals surface area contributed by atoms with Gasteiger partial charge in [-0.3, -0.25) is 4.99 Å². The van der Waals surface area contributed by atoms with Crippen molar-refractivity contribution in [3.05, 3.63) is 47.9 Å². The average Bonchev–Trinajstić information content (AvgIpc) is 3.26. The number of nitriles is 1. The predicted molar refractivity (Wildman–Crippen MR) is 126 cm³/mol. The summed E-state index contributed by atoms with van der Waals surface area (Å²) in [6.45, 7) is 6.14. The molecule has 1 aromatic heterocycles. The number of piperazine rings is 1. The number of thioether (sulfide) groups is 1. The summed E-state index contributed by atoms with van der Waals surface area (Å²) in [4.78, 5) is 18.2. The Morgan fingerprint density at radius 2 is 1.87 bits per heavy atom. The van der Waals surface area contributed by atoms with E-state index in [1.165, 1.54) is 17.5 Å². The van der Waals surface area contributed by atoms with E-state index in [-0.39, 0.29) is 0 Å². The second kappa shape index (κ2) is 9.31. The summed E-state index contributed by atoms with van der Waals surface area (Å²) >= 11 is 1.51. The molecular weight excluding hydrogens is 406 g/mol. The molecule has 4 rings (SSSR count). The highest BCUT2D eigenvalue weighted by Crippen LogP contribution is 2.33. The summed E-state index contributed by atoms with van der Waals surface area (Å²) in [7, 11) is 0. The van der Waals surface area contributed by atoms with Crippen LogP contribution in [0.4, 0.5) is 5.69 Å². The first-order valence-corrected chi connectivity index (χ1v) is 11.5. The van der Waals surface area contributed by atoms with E-state index in [0.29, 0.717) is 24.2 Å². The van der Waals surface area contributed by atoms with Gasteiger partial charge in [0.1, 0.15) is 0 Å². The van der Waals surface area contributed by atoms with E-state index in [9.17, 15) is 5.26 Å². The fourth-order valence-corrected chi connectivity index (χ4v) is 4.26. The summed E-state index contributed by atoms with van der Waals surface area (Å²) in [6, 6.07) is 8.09. The molecule has 0 radical (unpaired) electrons. The maximum absolute atomic E-state index is 9.39. The second-order valence-electron chi connectivity index (χ2n) is 7.68. The molecule has 8 heteroatoms. The van der Waals surface area contributed by atoms with Gasteiger partial charge in [-0.2, -0.15) is 5.26 Å². The van der Waals surface area contributed by atoms with Gasteiger partial charge in [-0.1, -0.05) is 11.8 Å². The lowest BCUT2D eigenvalue weighted by atomic mass is 10.0. The van der Waals surface area contributed by atoms with Gasteiger partial charge in [0.25, 0.3) is 0 Å². The van der Waals surface area contributed by atoms with E-state index < -0.39 is 0 Å². The van der Waals surface area contributed by atoms with Gasteiger partial charge in [-0.05, 0) is 37.5 Å². The molecule has 2 aliphatic rings. The Morgan fingerprint density at radius 3 is 2.52 bits per heavy atom. The summed E-state index contributed by atoms with van der Waals surface area (Å²) in [5.41, 5.74) is 6.55. The number of hydrogen-bond donors (Lipinski definition) is 1. The number of nitrogens with one attached hydrogen (secondary N) is 1. The summed E-state index contributed by atoms with van der Waals surface area (Å²) < 4.78 is 0. The van der Waals surface area contributed by atoms with Crippen LogP contribution in [-0.4, -0.2) is 65.3 Å². The molecule has 2 aromatic rings. The molecule has 31 heavy (non-hydrogen) atoms. The highest BCUT2D eigenvalue weighted by atomic mass is 32.2. The van der Waals surface area contributed by atoms with Crippen molar-refractivity contribution in [1.29, 1.82) is 10.7 Å². The third-order valence-corrected chi connectivity index (χ3v) is 6.07. The molecule has 1 fully saturated rings. The molecular formula is C23H25N7S. The molecule has 0 amide bonds. The quantitative estimate of drug-likeness (QED) is 0.427. The van der Waals surface area contributed by atoms with E-state index >= 15 is 0 Å². The Bertz CT molecular complexity index is 1070. The maximum atomic E-state index is 9.39. The standard InChI is InChI=1S/C23H25N7S/c1-16(25)9-19-11-20(15-26-19)29-5-7-30(8-6-29)22-4-3-17(12-24)10-21(22)18-13-27-23(31-2)28-14-18/h3-4,10-11,13-14,25H,5-9,15H2,1-2H3. The predicted octanol–water partition coefficient (Wildman–Crippen LogP) is 3.63. The van der Waals surface area contributed by atoms with Gasteiger partial charge in [0, 0.05) is 78.9 Å². The molecule has 2 aliphatic heterocycles. The van der Waals surface area contributed by atoms with Gasteiger partial charge < -0.3 is 15.2 Å². The van der Waals surface area contributed by atoms with Crippen LogP contribution in [-0.2, 0) is 0 Å². The van der Waals surface area contributed by atoms with Crippen LogP contribution in [0, 0.1) is 16.7 Å². The van der Waals surface area contributed by atoms with Crippen molar-refractivity contribution in [3.8, 4) is 17.2 Å². The Hall–Kier alpha value is -3.18. The minimum Gasteiger partial charge on any atom is -0.370 e. The third-order valence-electron chi connectivity index (χ3n) is 5.50. The van der Waals surface area contributed by atoms with E-state index in [1.54, 1.807) is 0 Å². The Balaban J connectivity index is 1.51. The van der Waals surface area contributed by atoms with E-state index in [0.717, 1.165) is 53.9 Å². The SMILES string of the molecule is CSc1ncc(-c2cc(C#N)ccc2N2CCN(C3=CC(CC(C)=N)=NC3)CC2)cn1. The smallest absolute Gasteiger partial charge is 0.187 e. The van der Waals surface area contributed by atoms with Gasteiger partial charge in [0.15, 0.2) is 5.16 Å². The molecule has 0 spiro atoms. The normalized spacial score (nSPS) is 16.0. The van der Waals surface area contributed by atoms with Gasteiger partial charge in [-0.25, -0.2) is 9.97 Å². The fourth-order valence-electron chi connectivity index (χ4n) is 3.94. The lowest BCUT2D eigenvalue weighted by Gasteiger charge is -2.38. The molecule has 7 nitrogen and oxygen atoms in total. The average molecular weight is 432 g/mol. The van der Waals surface area contributed by atoms with Crippen molar-refractivity contribution in [2.45, 2.75) is 18.5 Å². The first-order valence-electron chi connectivity index (χ1n) is 10.3. The zero-order valence-corrected chi connectivity index (χ0v) is 18.6. The Kier molecular flexibility index (Phi) is 6.33. The molecule has 0 bridgehead atoms. The fraction of sp³-hybridized carbons (Fsp3) is 0.348. The summed E-state index contributed by atoms with van der Waals surface area (Å²) in [5, 5.41) is 17.8. The number of hydrogen-bond acceptors (Lipinski definition) is 8. The number of rotatable bonds is 6. The number of allylic oxidation sites excluding steroid dienone is 1. The molecule has 0 atom stereocenters. The zero-order chi connectivity index (χ0) is 21.8. The van der Waals surface area contributed by atoms with E-state index in [1.807, 2.05) is 43.8 Å². The van der Waals surface area contributed by atoms with Crippen LogP contribution >= 0.6 is 11.8 Å². The molecule has 3 heterocycles. The first-order chi connectivity index (χ1) is 15.1. The maximum Gasteiger partial charge on any atom is 0.187 e. The lowest BCUT2D eigenvalue weighted by Crippen LogP contribution is -2.46. The van der Waals surface area contributed by atoms with E-state index in [2.05, 4.69) is 36.9 Å². The largest absolute Gasteiger partial charge is 0.370 e. The van der Waals surface area contributed by atoms with Gasteiger partial charge in [0.05, 0.1) is 18.2 Å². The highest BCUT2D eigenvalue weighted by Gasteiger charge is 2.23. The summed E-state index contributed by atoms with van der Waals surface area (Å²) in [5.74, 6) is 0. The lowest BCUT2D eigenvalue weighted by molar-refractivity contribution is 0.320. The van der Waals surface area contributed by atoms with Gasteiger partial charge >= 0.3 is 0 Å². The first kappa shape index (κ1) is 21.1. The molecule has 1 aromatic carbocycles. The minimum absolute atomic E-state index is 0.633. The van der Waals surface area contributed by atoms with Crippen molar-refractivity contribution >= 4 is 28.9 Å².